The number of nitrogens with one attached hydrogen (secondary N) is 1. The molecule has 254 valence electrons. The predicted molar refractivity (Wildman–Crippen MR) is 190 cm³/mol. The van der Waals surface area contributed by atoms with Gasteiger partial charge in [0.15, 0.2) is 0 Å². The number of rotatable bonds is 15. The van der Waals surface area contributed by atoms with Gasteiger partial charge in [0.05, 0.1) is 25.9 Å². The van der Waals surface area contributed by atoms with E-state index in [1.54, 1.807) is 0 Å². The van der Waals surface area contributed by atoms with Crippen molar-refractivity contribution < 1.29 is 28.6 Å². The molecule has 0 saturated heterocycles. The molecule has 10 heteroatoms. The van der Waals surface area contributed by atoms with Gasteiger partial charge in [-0.3, -0.25) is 4.79 Å². The maximum atomic E-state index is 14.1. The number of nitrogens with two attached hydrogens (primary N) is 1. The van der Waals surface area contributed by atoms with Crippen LogP contribution in [0.2, 0.25) is 0 Å². The number of halogens is 2. The van der Waals surface area contributed by atoms with Crippen molar-refractivity contribution in [2.24, 2.45) is 5.73 Å². The molecule has 0 radical (unpaired) electrons. The molecule has 0 heterocycles. The number of benzene rings is 3. The summed E-state index contributed by atoms with van der Waals surface area (Å²) in [6.45, 7) is 4.46. The molecule has 3 atom stereocenters. The summed E-state index contributed by atoms with van der Waals surface area (Å²) in [4.78, 5) is 27.5. The predicted octanol–water partition coefficient (Wildman–Crippen LogP) is 7.59. The van der Waals surface area contributed by atoms with Gasteiger partial charge in [-0.2, -0.15) is 0 Å². The first-order valence-corrected chi connectivity index (χ1v) is 16.9. The van der Waals surface area contributed by atoms with E-state index < -0.39 is 35.5 Å². The average molecular weight is 713 g/mol. The summed E-state index contributed by atoms with van der Waals surface area (Å²) in [5.74, 6) is 1.36. The molecule has 0 aliphatic carbocycles. The zero-order chi connectivity index (χ0) is 34.8. The molecule has 0 saturated carbocycles. The van der Waals surface area contributed by atoms with Crippen molar-refractivity contribution in [3.8, 4) is 5.75 Å². The van der Waals surface area contributed by atoms with Gasteiger partial charge in [-0.25, -0.2) is 14.1 Å². The van der Waals surface area contributed by atoms with E-state index in [0.29, 0.717) is 23.6 Å². The summed E-state index contributed by atoms with van der Waals surface area (Å²) >= 11 is 2.94. The summed E-state index contributed by atoms with van der Waals surface area (Å²) in [5, 5.41) is 14.4. The van der Waals surface area contributed by atoms with Crippen molar-refractivity contribution in [2.75, 3.05) is 31.9 Å². The van der Waals surface area contributed by atoms with E-state index in [-0.39, 0.29) is 19.3 Å². The number of ether oxygens (including phenoxy) is 2. The molecule has 0 aliphatic heterocycles. The Morgan fingerprint density at radius 3 is 2.34 bits per heavy atom. The lowest BCUT2D eigenvalue weighted by atomic mass is 9.80. The van der Waals surface area contributed by atoms with Crippen molar-refractivity contribution in [2.45, 2.75) is 57.2 Å². The first-order chi connectivity index (χ1) is 22.6. The van der Waals surface area contributed by atoms with Crippen molar-refractivity contribution in [1.82, 2.24) is 4.90 Å². The molecule has 3 aromatic carbocycles. The maximum absolute atomic E-state index is 14.1. The number of aliphatic hydroxyl groups excluding tert-OH is 1. The third kappa shape index (κ3) is 12.0. The lowest BCUT2D eigenvalue weighted by Gasteiger charge is -2.39. The number of hydrogen-bond acceptors (Lipinski definition) is 7. The smallest absolute Gasteiger partial charge is 0.416 e. The molecule has 47 heavy (non-hydrogen) atoms. The van der Waals surface area contributed by atoms with Gasteiger partial charge in [-0.15, -0.1) is 0 Å². The summed E-state index contributed by atoms with van der Waals surface area (Å²) < 4.78 is 24.6. The molecular weight excluding hydrogens is 665 g/mol. The van der Waals surface area contributed by atoms with E-state index in [0.717, 1.165) is 16.9 Å². The van der Waals surface area contributed by atoms with Gasteiger partial charge in [0, 0.05) is 19.2 Å². The van der Waals surface area contributed by atoms with Crippen LogP contribution in [0.4, 0.5) is 14.9 Å². The summed E-state index contributed by atoms with van der Waals surface area (Å²) in [7, 11) is 2.50. The first kappa shape index (κ1) is 39.2. The number of methoxy groups -OCH3 is 1. The Morgan fingerprint density at radius 2 is 1.70 bits per heavy atom. The summed E-state index contributed by atoms with van der Waals surface area (Å²) in [5.41, 5.74) is 8.55. The Balaban J connectivity index is 0.00000376. The minimum absolute atomic E-state index is 0.0197. The fraction of sp³-hybridized carbons (Fsp3) is 0.351. The van der Waals surface area contributed by atoms with Crippen LogP contribution >= 0.6 is 15.9 Å². The quantitative estimate of drug-likeness (QED) is 0.110. The number of amides is 2. The third-order valence-electron chi connectivity index (χ3n) is 7.70. The number of para-hydroxylation sites is 2. The van der Waals surface area contributed by atoms with Gasteiger partial charge in [0.2, 0.25) is 0 Å². The minimum atomic E-state index is -1.71. The number of alkyl halides is 1. The number of aliphatic hydroxyl groups is 1. The zero-order valence-corrected chi connectivity index (χ0v) is 29.4. The maximum Gasteiger partial charge on any atom is 0.416 e. The number of nitrogens with zero attached hydrogens (tertiary/aromatic N) is 1. The number of imide groups is 1. The number of hydrogen-bond donors (Lipinski definition) is 3. The summed E-state index contributed by atoms with van der Waals surface area (Å²) in [6, 6.07) is 21.6. The monoisotopic (exact) mass is 711 g/mol. The number of carbonyl (C=O) groups is 2. The van der Waals surface area contributed by atoms with Crippen LogP contribution in [-0.4, -0.2) is 60.2 Å². The molecule has 4 N–H and O–H groups in total. The zero-order valence-electron chi connectivity index (χ0n) is 27.8. The van der Waals surface area contributed by atoms with Crippen molar-refractivity contribution in [1.29, 1.82) is 0 Å². The molecule has 3 rings (SSSR count). The first-order valence-electron chi connectivity index (χ1n) is 15.4. The normalized spacial score (nSPS) is 13.9. The van der Waals surface area contributed by atoms with Crippen LogP contribution in [-0.2, 0) is 16.0 Å². The third-order valence-corrected chi connectivity index (χ3v) is 7.70. The number of anilines is 1. The largest absolute Gasteiger partial charge is 0.493 e. The van der Waals surface area contributed by atoms with Crippen LogP contribution in [0, 0.1) is 5.82 Å². The molecule has 8 nitrogen and oxygen atoms in total. The molecule has 0 bridgehead atoms. The average Bonchev–Trinajstić information content (AvgIpc) is 3.10. The highest BCUT2D eigenvalue weighted by molar-refractivity contribution is 9.08. The molecule has 0 spiro atoms. The van der Waals surface area contributed by atoms with Crippen molar-refractivity contribution >= 4 is 33.6 Å². The Bertz CT molecular complexity index is 1450. The van der Waals surface area contributed by atoms with Crippen LogP contribution in [0.15, 0.2) is 103 Å². The number of carbonyl (C=O) groups excluding carboxylic acids is 2. The Kier molecular flexibility index (Phi) is 16.9. The van der Waals surface area contributed by atoms with Crippen LogP contribution < -0.4 is 15.8 Å². The van der Waals surface area contributed by atoms with Crippen LogP contribution in [0.25, 0.3) is 0 Å². The van der Waals surface area contributed by atoms with Crippen LogP contribution in [0.3, 0.4) is 0 Å². The van der Waals surface area contributed by atoms with E-state index in [1.807, 2.05) is 92.5 Å². The molecule has 0 aromatic heterocycles. The number of likely N-dealkylation sites (N-methyl/N-ethyl adjacent to an activating group) is 1. The van der Waals surface area contributed by atoms with Gasteiger partial charge in [0.25, 0.3) is 5.91 Å². The number of allylic oxidation sites excluding steroid dienone is 3. The second-order valence-electron chi connectivity index (χ2n) is 11.0. The van der Waals surface area contributed by atoms with Gasteiger partial charge in [-0.05, 0) is 80.4 Å². The van der Waals surface area contributed by atoms with Gasteiger partial charge < -0.3 is 25.6 Å². The van der Waals surface area contributed by atoms with E-state index in [9.17, 15) is 19.1 Å². The Hall–Kier alpha value is -3.99. The second kappa shape index (κ2) is 20.3. The highest BCUT2D eigenvalue weighted by Crippen LogP contribution is 2.31. The van der Waals surface area contributed by atoms with Gasteiger partial charge >= 0.3 is 6.09 Å². The molecule has 0 aliphatic rings. The highest BCUT2D eigenvalue weighted by atomic mass is 79.9. The SMILES string of the molecule is C/C=C\C=C(/C)CCOc1ccccc1CC(Nc1ccccc1)C(N)(CCC(O)c1ccc(F)cc1)C(=O)N(C)C(=O)OC.CBr. The molecule has 2 amide bonds. The van der Waals surface area contributed by atoms with E-state index in [4.69, 9.17) is 15.2 Å². The fourth-order valence-electron chi connectivity index (χ4n) is 4.99. The standard InChI is InChI=1S/C36H44FN3O5.CH3Br/c1-5-6-12-26(2)22-24-45-32-16-11-10-13-28(32)25-33(39-30-14-8-7-9-15-30)36(38,34(42)40(3)35(43)44-4)23-21-31(41)27-17-19-29(37)20-18-27;1-2/h5-20,31,33,39,41H,21-25,38H2,1-4H3;1H3/b6-5-,26-12+;. The summed E-state index contributed by atoms with van der Waals surface area (Å²) in [6.07, 6.45) is 5.13. The lowest BCUT2D eigenvalue weighted by Crippen LogP contribution is -2.65. The van der Waals surface area contributed by atoms with E-state index >= 15 is 0 Å². The van der Waals surface area contributed by atoms with Crippen LogP contribution in [0.1, 0.15) is 50.3 Å². The van der Waals surface area contributed by atoms with Crippen molar-refractivity contribution in [3.05, 3.63) is 120 Å². The molecule has 3 unspecified atom stereocenters. The molecular formula is C37H47BrFN3O5. The Morgan fingerprint density at radius 1 is 1.06 bits per heavy atom. The minimum Gasteiger partial charge on any atom is -0.493 e. The van der Waals surface area contributed by atoms with Gasteiger partial charge in [0.1, 0.15) is 17.1 Å². The molecule has 3 aromatic rings. The Labute approximate surface area is 286 Å². The van der Waals surface area contributed by atoms with Gasteiger partial charge in [-0.1, -0.05) is 88.3 Å². The van der Waals surface area contributed by atoms with Crippen molar-refractivity contribution in [3.63, 3.8) is 0 Å². The fourth-order valence-corrected chi connectivity index (χ4v) is 4.99. The van der Waals surface area contributed by atoms with E-state index in [1.165, 1.54) is 44.0 Å². The molecule has 0 fully saturated rings. The van der Waals surface area contributed by atoms with Crippen LogP contribution in [0.5, 0.6) is 5.75 Å². The topological polar surface area (TPSA) is 114 Å². The highest BCUT2D eigenvalue weighted by Gasteiger charge is 2.46. The lowest BCUT2D eigenvalue weighted by molar-refractivity contribution is -0.135. The second-order valence-corrected chi connectivity index (χ2v) is 11.0. The van der Waals surface area contributed by atoms with E-state index in [2.05, 4.69) is 21.2 Å².